The van der Waals surface area contributed by atoms with Gasteiger partial charge in [-0.2, -0.15) is 0 Å². The lowest BCUT2D eigenvalue weighted by atomic mass is 10.0. The zero-order valence-electron chi connectivity index (χ0n) is 16.2. The monoisotopic (exact) mass is 347 g/mol. The van der Waals surface area contributed by atoms with Gasteiger partial charge < -0.3 is 5.32 Å². The number of unbranched alkanes of at least 4 members (excludes halogenated alkanes) is 1. The number of rotatable bonds is 8. The fourth-order valence-electron chi connectivity index (χ4n) is 2.16. The van der Waals surface area contributed by atoms with E-state index in [1.807, 2.05) is 19.9 Å². The van der Waals surface area contributed by atoms with Gasteiger partial charge in [0.05, 0.1) is 6.04 Å². The molecule has 1 nitrogen and oxygen atoms in total. The molecule has 0 saturated carbocycles. The van der Waals surface area contributed by atoms with Gasteiger partial charge >= 0.3 is 0 Å². The second-order valence-corrected chi connectivity index (χ2v) is 5.97. The van der Waals surface area contributed by atoms with Gasteiger partial charge in [-0.1, -0.05) is 88.2 Å². The summed E-state index contributed by atoms with van der Waals surface area (Å²) in [6.07, 6.45) is 9.31. The van der Waals surface area contributed by atoms with E-state index in [1.54, 1.807) is 0 Å². The summed E-state index contributed by atoms with van der Waals surface area (Å²) in [6, 6.07) is 10.9. The summed E-state index contributed by atoms with van der Waals surface area (Å²) in [5.74, 6) is 0. The van der Waals surface area contributed by atoms with E-state index in [0.29, 0.717) is 6.04 Å². The Morgan fingerprint density at radius 2 is 1.71 bits per heavy atom. The third-order valence-corrected chi connectivity index (χ3v) is 3.99. The number of hydrogen-bond donors (Lipinski definition) is 1. The molecule has 0 amide bonds. The molecule has 24 heavy (non-hydrogen) atoms. The Labute approximate surface area is 154 Å². The number of benzene rings is 1. The van der Waals surface area contributed by atoms with Crippen LogP contribution in [0.4, 0.5) is 0 Å². The van der Waals surface area contributed by atoms with Crippen molar-refractivity contribution in [1.29, 1.82) is 0 Å². The minimum Gasteiger partial charge on any atom is -0.382 e. The maximum Gasteiger partial charge on any atom is 0.0508 e. The van der Waals surface area contributed by atoms with Gasteiger partial charge in [0.1, 0.15) is 0 Å². The molecule has 0 saturated heterocycles. The zero-order chi connectivity index (χ0) is 18.4. The van der Waals surface area contributed by atoms with Gasteiger partial charge in [-0.05, 0) is 43.9 Å². The van der Waals surface area contributed by atoms with Gasteiger partial charge in [-0.25, -0.2) is 0 Å². The van der Waals surface area contributed by atoms with Gasteiger partial charge in [0.2, 0.25) is 0 Å². The topological polar surface area (TPSA) is 12.0 Å². The van der Waals surface area contributed by atoms with Crippen molar-refractivity contribution in [2.45, 2.75) is 66.8 Å². The Kier molecular flexibility index (Phi) is 13.1. The SMILES string of the molecule is CC.CCC/C=C(Cl)/C=C\C(C)=C(/C)NC(CC)c1ccccc1. The fourth-order valence-corrected chi connectivity index (χ4v) is 2.33. The van der Waals surface area contributed by atoms with Crippen molar-refractivity contribution >= 4 is 11.6 Å². The number of halogens is 1. The molecule has 0 aromatic heterocycles. The van der Waals surface area contributed by atoms with E-state index in [1.165, 1.54) is 16.8 Å². The van der Waals surface area contributed by atoms with Crippen LogP contribution >= 0.6 is 11.6 Å². The maximum atomic E-state index is 6.17. The lowest BCUT2D eigenvalue weighted by Crippen LogP contribution is -2.19. The first kappa shape index (κ1) is 22.5. The first-order valence-electron chi connectivity index (χ1n) is 9.11. The van der Waals surface area contributed by atoms with Crippen molar-refractivity contribution in [3.05, 3.63) is 70.4 Å². The lowest BCUT2D eigenvalue weighted by molar-refractivity contribution is 0.577. The normalized spacial score (nSPS) is 13.9. The van der Waals surface area contributed by atoms with E-state index in [9.17, 15) is 0 Å². The van der Waals surface area contributed by atoms with E-state index >= 15 is 0 Å². The predicted molar refractivity (Wildman–Crippen MR) is 110 cm³/mol. The smallest absolute Gasteiger partial charge is 0.0508 e. The molecule has 1 aromatic carbocycles. The highest BCUT2D eigenvalue weighted by molar-refractivity contribution is 6.31. The first-order valence-corrected chi connectivity index (χ1v) is 9.49. The fraction of sp³-hybridized carbons (Fsp3) is 0.455. The third kappa shape index (κ3) is 8.98. The summed E-state index contributed by atoms with van der Waals surface area (Å²) in [6.45, 7) is 12.6. The minimum absolute atomic E-state index is 0.343. The maximum absolute atomic E-state index is 6.17. The van der Waals surface area contributed by atoms with E-state index in [2.05, 4.69) is 75.5 Å². The number of hydrogen-bond acceptors (Lipinski definition) is 1. The molecule has 1 atom stereocenters. The van der Waals surface area contributed by atoms with Gasteiger partial charge in [-0.3, -0.25) is 0 Å². The molecule has 1 aromatic rings. The highest BCUT2D eigenvalue weighted by Gasteiger charge is 2.08. The van der Waals surface area contributed by atoms with Crippen LogP contribution in [0.5, 0.6) is 0 Å². The molecule has 0 aliphatic carbocycles. The van der Waals surface area contributed by atoms with E-state index < -0.39 is 0 Å². The Morgan fingerprint density at radius 1 is 1.08 bits per heavy atom. The average molecular weight is 348 g/mol. The van der Waals surface area contributed by atoms with Crippen LogP contribution in [0, 0.1) is 0 Å². The number of nitrogens with one attached hydrogen (secondary N) is 1. The Balaban J connectivity index is 0.00000254. The standard InChI is InChI=1S/C20H28ClN.C2H6/c1-5-7-13-19(21)15-14-16(3)17(4)22-20(6-2)18-11-9-8-10-12-18;1-2/h8-15,20,22H,5-7H2,1-4H3;1-2H3/b15-14-,17-16+,19-13-;. The Bertz CT molecular complexity index is 526. The van der Waals surface area contributed by atoms with Crippen LogP contribution < -0.4 is 5.32 Å². The van der Waals surface area contributed by atoms with Crippen LogP contribution in [-0.2, 0) is 0 Å². The highest BCUT2D eigenvalue weighted by Crippen LogP contribution is 2.19. The van der Waals surface area contributed by atoms with E-state index in [0.717, 1.165) is 24.3 Å². The van der Waals surface area contributed by atoms with Crippen molar-refractivity contribution in [2.24, 2.45) is 0 Å². The summed E-state index contributed by atoms with van der Waals surface area (Å²) >= 11 is 6.17. The van der Waals surface area contributed by atoms with Crippen LogP contribution in [0.25, 0.3) is 0 Å². The van der Waals surface area contributed by atoms with E-state index in [4.69, 9.17) is 11.6 Å². The summed E-state index contributed by atoms with van der Waals surface area (Å²) in [5, 5.41) is 4.42. The number of allylic oxidation sites excluding steroid dienone is 6. The zero-order valence-corrected chi connectivity index (χ0v) is 17.0. The second-order valence-electron chi connectivity index (χ2n) is 5.53. The molecule has 0 radical (unpaired) electrons. The van der Waals surface area contributed by atoms with Crippen molar-refractivity contribution in [3.8, 4) is 0 Å². The molecule has 0 aliphatic heterocycles. The summed E-state index contributed by atoms with van der Waals surface area (Å²) < 4.78 is 0. The summed E-state index contributed by atoms with van der Waals surface area (Å²) in [7, 11) is 0. The van der Waals surface area contributed by atoms with Gasteiger partial charge in [-0.15, -0.1) is 0 Å². The Morgan fingerprint density at radius 3 is 2.25 bits per heavy atom. The van der Waals surface area contributed by atoms with Gasteiger partial charge in [0, 0.05) is 10.7 Å². The van der Waals surface area contributed by atoms with Gasteiger partial charge in [0.15, 0.2) is 0 Å². The van der Waals surface area contributed by atoms with Crippen LogP contribution in [-0.4, -0.2) is 0 Å². The molecule has 0 aliphatic rings. The average Bonchev–Trinajstić information content (AvgIpc) is 2.64. The molecular weight excluding hydrogens is 314 g/mol. The molecule has 134 valence electrons. The molecule has 0 bridgehead atoms. The van der Waals surface area contributed by atoms with Crippen molar-refractivity contribution in [3.63, 3.8) is 0 Å². The van der Waals surface area contributed by atoms with E-state index in [-0.39, 0.29) is 0 Å². The molecule has 0 fully saturated rings. The summed E-state index contributed by atoms with van der Waals surface area (Å²) in [4.78, 5) is 0. The predicted octanol–water partition coefficient (Wildman–Crippen LogP) is 7.53. The molecule has 2 heteroatoms. The third-order valence-electron chi connectivity index (χ3n) is 3.71. The highest BCUT2D eigenvalue weighted by atomic mass is 35.5. The molecule has 1 N–H and O–H groups in total. The second kappa shape index (κ2) is 13.9. The first-order chi connectivity index (χ1) is 11.6. The summed E-state index contributed by atoms with van der Waals surface area (Å²) in [5.41, 5.74) is 3.71. The van der Waals surface area contributed by atoms with Crippen LogP contribution in [0.2, 0.25) is 0 Å². The van der Waals surface area contributed by atoms with Crippen molar-refractivity contribution < 1.29 is 0 Å². The van der Waals surface area contributed by atoms with Crippen molar-refractivity contribution in [2.75, 3.05) is 0 Å². The molecule has 1 unspecified atom stereocenters. The lowest BCUT2D eigenvalue weighted by Gasteiger charge is -2.20. The Hall–Kier alpha value is -1.47. The van der Waals surface area contributed by atoms with Crippen molar-refractivity contribution in [1.82, 2.24) is 5.32 Å². The molecule has 0 heterocycles. The molecule has 1 rings (SSSR count). The van der Waals surface area contributed by atoms with Crippen LogP contribution in [0.1, 0.15) is 72.4 Å². The molecule has 0 spiro atoms. The van der Waals surface area contributed by atoms with Crippen LogP contribution in [0.3, 0.4) is 0 Å². The largest absolute Gasteiger partial charge is 0.382 e. The van der Waals surface area contributed by atoms with Crippen LogP contribution in [0.15, 0.2) is 64.9 Å². The quantitative estimate of drug-likeness (QED) is 0.479. The minimum atomic E-state index is 0.343. The molecular formula is C22H34ClN. The van der Waals surface area contributed by atoms with Gasteiger partial charge in [0.25, 0.3) is 0 Å².